The Morgan fingerprint density at radius 1 is 0.933 bits per heavy atom. The highest BCUT2D eigenvalue weighted by Crippen LogP contribution is 1.95. The first-order valence-corrected chi connectivity index (χ1v) is 4.55. The van der Waals surface area contributed by atoms with Gasteiger partial charge in [-0.15, -0.1) is 0 Å². The normalized spacial score (nSPS) is 10.1. The van der Waals surface area contributed by atoms with Gasteiger partial charge in [-0.05, 0) is 0 Å². The van der Waals surface area contributed by atoms with Crippen LogP contribution in [0.1, 0.15) is 0 Å². The zero-order valence-electron chi connectivity index (χ0n) is 8.27. The van der Waals surface area contributed by atoms with E-state index in [2.05, 4.69) is 10.6 Å². The third kappa shape index (κ3) is 5.31. The van der Waals surface area contributed by atoms with Crippen molar-refractivity contribution in [3.63, 3.8) is 0 Å². The molecule has 0 saturated heterocycles. The zero-order valence-corrected chi connectivity index (χ0v) is 8.27. The van der Waals surface area contributed by atoms with Crippen molar-refractivity contribution < 1.29 is 24.9 Å². The van der Waals surface area contributed by atoms with E-state index in [4.69, 9.17) is 15.3 Å². The standard InChI is InChI=1S/C8H16N2O5/c11-3-1-9-7(14)6(5-13)8(15)10-2-4-12/h6,11-13H,1-5H2,(H,9,14)(H,10,15). The fraction of sp³-hybridized carbons (Fsp3) is 0.750. The molecule has 2 amide bonds. The minimum absolute atomic E-state index is 0.0304. The lowest BCUT2D eigenvalue weighted by Gasteiger charge is -2.13. The lowest BCUT2D eigenvalue weighted by Crippen LogP contribution is -2.44. The summed E-state index contributed by atoms with van der Waals surface area (Å²) in [5, 5.41) is 30.2. The van der Waals surface area contributed by atoms with E-state index in [9.17, 15) is 9.59 Å². The third-order valence-electron chi connectivity index (χ3n) is 1.64. The third-order valence-corrected chi connectivity index (χ3v) is 1.64. The second-order valence-corrected chi connectivity index (χ2v) is 2.76. The molecule has 0 aliphatic rings. The smallest absolute Gasteiger partial charge is 0.235 e. The predicted octanol–water partition coefficient (Wildman–Crippen LogP) is -3.19. The lowest BCUT2D eigenvalue weighted by atomic mass is 10.1. The minimum atomic E-state index is -1.21. The Labute approximate surface area is 87.1 Å². The summed E-state index contributed by atoms with van der Waals surface area (Å²) in [5.74, 6) is -2.51. The highest BCUT2D eigenvalue weighted by atomic mass is 16.3. The van der Waals surface area contributed by atoms with Crippen molar-refractivity contribution >= 4 is 11.8 Å². The first kappa shape index (κ1) is 13.8. The molecule has 7 heteroatoms. The molecule has 5 N–H and O–H groups in total. The molecule has 7 nitrogen and oxygen atoms in total. The van der Waals surface area contributed by atoms with Gasteiger partial charge in [0.15, 0.2) is 0 Å². The summed E-state index contributed by atoms with van der Waals surface area (Å²) in [7, 11) is 0. The quantitative estimate of drug-likeness (QED) is 0.290. The summed E-state index contributed by atoms with van der Waals surface area (Å²) in [6, 6.07) is 0. The van der Waals surface area contributed by atoms with Crippen molar-refractivity contribution in [3.05, 3.63) is 0 Å². The summed E-state index contributed by atoms with van der Waals surface area (Å²) in [6.45, 7) is -1.02. The van der Waals surface area contributed by atoms with Crippen LogP contribution in [0.15, 0.2) is 0 Å². The van der Waals surface area contributed by atoms with Crippen LogP contribution in [-0.2, 0) is 9.59 Å². The Kier molecular flexibility index (Phi) is 7.51. The maximum absolute atomic E-state index is 11.2. The number of aliphatic hydroxyl groups excluding tert-OH is 3. The Bertz CT molecular complexity index is 189. The van der Waals surface area contributed by atoms with Gasteiger partial charge < -0.3 is 26.0 Å². The van der Waals surface area contributed by atoms with E-state index >= 15 is 0 Å². The van der Waals surface area contributed by atoms with Crippen molar-refractivity contribution in [2.45, 2.75) is 0 Å². The highest BCUT2D eigenvalue weighted by molar-refractivity contribution is 6.00. The van der Waals surface area contributed by atoms with Gasteiger partial charge in [-0.25, -0.2) is 0 Å². The topological polar surface area (TPSA) is 119 Å². The molecule has 0 unspecified atom stereocenters. The number of hydrogen-bond acceptors (Lipinski definition) is 5. The van der Waals surface area contributed by atoms with Gasteiger partial charge in [-0.1, -0.05) is 0 Å². The average Bonchev–Trinajstić information content (AvgIpc) is 2.24. The van der Waals surface area contributed by atoms with Gasteiger partial charge in [-0.3, -0.25) is 9.59 Å². The van der Waals surface area contributed by atoms with E-state index in [1.807, 2.05) is 0 Å². The molecule has 0 bridgehead atoms. The van der Waals surface area contributed by atoms with Crippen LogP contribution >= 0.6 is 0 Å². The number of rotatable bonds is 7. The molecule has 15 heavy (non-hydrogen) atoms. The second kappa shape index (κ2) is 8.16. The lowest BCUT2D eigenvalue weighted by molar-refractivity contribution is -0.137. The van der Waals surface area contributed by atoms with Crippen LogP contribution in [0, 0.1) is 5.92 Å². The van der Waals surface area contributed by atoms with Crippen molar-refractivity contribution in [1.29, 1.82) is 0 Å². The van der Waals surface area contributed by atoms with E-state index < -0.39 is 24.3 Å². The van der Waals surface area contributed by atoms with Gasteiger partial charge >= 0.3 is 0 Å². The first-order valence-electron chi connectivity index (χ1n) is 4.55. The molecule has 0 atom stereocenters. The molecule has 0 heterocycles. The maximum atomic E-state index is 11.2. The minimum Gasteiger partial charge on any atom is -0.395 e. The number of carbonyl (C=O) groups excluding carboxylic acids is 2. The molecule has 88 valence electrons. The molecule has 0 fully saturated rings. The van der Waals surface area contributed by atoms with Crippen molar-refractivity contribution in [2.75, 3.05) is 32.9 Å². The molecule has 0 spiro atoms. The Hall–Kier alpha value is -1.18. The van der Waals surface area contributed by atoms with Crippen molar-refractivity contribution in [2.24, 2.45) is 5.92 Å². The largest absolute Gasteiger partial charge is 0.395 e. The summed E-state index contributed by atoms with van der Waals surface area (Å²) < 4.78 is 0. The van der Waals surface area contributed by atoms with Crippen LogP contribution in [0.5, 0.6) is 0 Å². The molecule has 0 aromatic heterocycles. The van der Waals surface area contributed by atoms with Gasteiger partial charge in [0.1, 0.15) is 5.92 Å². The Morgan fingerprint density at radius 3 is 1.60 bits per heavy atom. The summed E-state index contributed by atoms with van der Waals surface area (Å²) in [5.41, 5.74) is 0. The van der Waals surface area contributed by atoms with Crippen LogP contribution in [0.4, 0.5) is 0 Å². The van der Waals surface area contributed by atoms with E-state index in [1.54, 1.807) is 0 Å². The molecule has 0 aliphatic heterocycles. The van der Waals surface area contributed by atoms with Crippen LogP contribution in [0.2, 0.25) is 0 Å². The molecule has 0 radical (unpaired) electrons. The Balaban J connectivity index is 4.09. The SMILES string of the molecule is O=C(NCCO)C(CO)C(=O)NCCO. The summed E-state index contributed by atoms with van der Waals surface area (Å²) in [4.78, 5) is 22.5. The molecule has 0 saturated carbocycles. The van der Waals surface area contributed by atoms with Gasteiger partial charge in [0, 0.05) is 13.1 Å². The van der Waals surface area contributed by atoms with E-state index in [0.29, 0.717) is 0 Å². The molecular formula is C8H16N2O5. The number of hydrogen-bond donors (Lipinski definition) is 5. The maximum Gasteiger partial charge on any atom is 0.235 e. The van der Waals surface area contributed by atoms with Crippen LogP contribution in [0.25, 0.3) is 0 Å². The molecule has 0 aliphatic carbocycles. The van der Waals surface area contributed by atoms with Gasteiger partial charge in [0.2, 0.25) is 11.8 Å². The van der Waals surface area contributed by atoms with Gasteiger partial charge in [-0.2, -0.15) is 0 Å². The van der Waals surface area contributed by atoms with Crippen LogP contribution in [0.3, 0.4) is 0 Å². The number of nitrogens with one attached hydrogen (secondary N) is 2. The second-order valence-electron chi connectivity index (χ2n) is 2.76. The van der Waals surface area contributed by atoms with Gasteiger partial charge in [0.05, 0.1) is 19.8 Å². The predicted molar refractivity (Wildman–Crippen MR) is 50.8 cm³/mol. The fourth-order valence-corrected chi connectivity index (χ4v) is 0.889. The molecule has 0 aromatic rings. The average molecular weight is 220 g/mol. The first-order chi connectivity index (χ1) is 7.17. The number of carbonyl (C=O) groups is 2. The number of aliphatic hydroxyl groups is 3. The van der Waals surface area contributed by atoms with Crippen molar-refractivity contribution in [3.8, 4) is 0 Å². The van der Waals surface area contributed by atoms with E-state index in [-0.39, 0.29) is 26.3 Å². The van der Waals surface area contributed by atoms with E-state index in [1.165, 1.54) is 0 Å². The van der Waals surface area contributed by atoms with Crippen LogP contribution in [-0.4, -0.2) is 60.0 Å². The Morgan fingerprint density at radius 2 is 1.33 bits per heavy atom. The molecule has 0 aromatic carbocycles. The van der Waals surface area contributed by atoms with Crippen LogP contribution < -0.4 is 10.6 Å². The fourth-order valence-electron chi connectivity index (χ4n) is 0.889. The number of amides is 2. The zero-order chi connectivity index (χ0) is 11.7. The summed E-state index contributed by atoms with van der Waals surface area (Å²) in [6.07, 6.45) is 0. The highest BCUT2D eigenvalue weighted by Gasteiger charge is 2.24. The monoisotopic (exact) mass is 220 g/mol. The molecular weight excluding hydrogens is 204 g/mol. The van der Waals surface area contributed by atoms with E-state index in [0.717, 1.165) is 0 Å². The molecule has 0 rings (SSSR count). The van der Waals surface area contributed by atoms with Crippen molar-refractivity contribution in [1.82, 2.24) is 10.6 Å². The van der Waals surface area contributed by atoms with Gasteiger partial charge in [0.25, 0.3) is 0 Å². The summed E-state index contributed by atoms with van der Waals surface area (Å²) >= 11 is 0.